The molecule has 0 aliphatic carbocycles. The van der Waals surface area contributed by atoms with Crippen molar-refractivity contribution in [3.63, 3.8) is 0 Å². The van der Waals surface area contributed by atoms with Crippen LogP contribution in [0.3, 0.4) is 0 Å². The van der Waals surface area contributed by atoms with Gasteiger partial charge in [-0.3, -0.25) is 4.90 Å². The Morgan fingerprint density at radius 2 is 2.46 bits per heavy atom. The van der Waals surface area contributed by atoms with Crippen LogP contribution in [0.25, 0.3) is 0 Å². The highest BCUT2D eigenvalue weighted by atomic mass is 15.2. The Kier molecular flexibility index (Phi) is 2.38. The smallest absolute Gasteiger partial charge is 0.0387 e. The van der Waals surface area contributed by atoms with Crippen LogP contribution < -0.4 is 5.73 Å². The van der Waals surface area contributed by atoms with E-state index < -0.39 is 0 Å². The van der Waals surface area contributed by atoms with Crippen molar-refractivity contribution in [2.75, 3.05) is 13.1 Å². The SMILES string of the molecule is Cn1cccc1CN1CCC(N)C1. The second kappa shape index (κ2) is 3.52. The van der Waals surface area contributed by atoms with Gasteiger partial charge in [0, 0.05) is 44.6 Å². The van der Waals surface area contributed by atoms with Gasteiger partial charge in [0.2, 0.25) is 0 Å². The fraction of sp³-hybridized carbons (Fsp3) is 0.600. The lowest BCUT2D eigenvalue weighted by Gasteiger charge is -2.15. The Bertz CT molecular complexity index is 279. The molecule has 1 aromatic rings. The number of hydrogen-bond acceptors (Lipinski definition) is 2. The second-order valence-electron chi connectivity index (χ2n) is 3.89. The molecule has 0 saturated carbocycles. The summed E-state index contributed by atoms with van der Waals surface area (Å²) in [6, 6.07) is 4.65. The van der Waals surface area contributed by atoms with Crippen LogP contribution in [-0.4, -0.2) is 28.6 Å². The molecule has 0 bridgehead atoms. The molecule has 72 valence electrons. The van der Waals surface area contributed by atoms with Gasteiger partial charge in [-0.25, -0.2) is 0 Å². The van der Waals surface area contributed by atoms with Crippen molar-refractivity contribution in [2.24, 2.45) is 12.8 Å². The zero-order chi connectivity index (χ0) is 9.26. The Labute approximate surface area is 79.1 Å². The predicted octanol–water partition coefficient (Wildman–Crippen LogP) is 0.558. The fourth-order valence-electron chi connectivity index (χ4n) is 1.90. The highest BCUT2D eigenvalue weighted by Crippen LogP contribution is 2.11. The average molecular weight is 179 g/mol. The van der Waals surface area contributed by atoms with Crippen LogP contribution in [-0.2, 0) is 13.6 Å². The first-order chi connectivity index (χ1) is 6.25. The van der Waals surface area contributed by atoms with Gasteiger partial charge in [-0.15, -0.1) is 0 Å². The van der Waals surface area contributed by atoms with Gasteiger partial charge in [-0.2, -0.15) is 0 Å². The van der Waals surface area contributed by atoms with Crippen molar-refractivity contribution in [2.45, 2.75) is 19.0 Å². The molecule has 2 N–H and O–H groups in total. The third-order valence-corrected chi connectivity index (χ3v) is 2.75. The number of rotatable bonds is 2. The molecule has 1 aromatic heterocycles. The molecule has 0 aromatic carbocycles. The Morgan fingerprint density at radius 1 is 1.62 bits per heavy atom. The summed E-state index contributed by atoms with van der Waals surface area (Å²) in [6.45, 7) is 3.23. The summed E-state index contributed by atoms with van der Waals surface area (Å²) in [5.74, 6) is 0. The summed E-state index contributed by atoms with van der Waals surface area (Å²) < 4.78 is 2.17. The lowest BCUT2D eigenvalue weighted by molar-refractivity contribution is 0.319. The van der Waals surface area contributed by atoms with E-state index in [0.29, 0.717) is 6.04 Å². The van der Waals surface area contributed by atoms with Crippen LogP contribution in [0.4, 0.5) is 0 Å². The molecule has 1 atom stereocenters. The molecule has 1 unspecified atom stereocenters. The largest absolute Gasteiger partial charge is 0.353 e. The quantitative estimate of drug-likeness (QED) is 0.719. The lowest BCUT2D eigenvalue weighted by atomic mass is 10.3. The van der Waals surface area contributed by atoms with E-state index in [0.717, 1.165) is 26.1 Å². The molecule has 1 aliphatic rings. The first kappa shape index (κ1) is 8.78. The van der Waals surface area contributed by atoms with Crippen LogP contribution >= 0.6 is 0 Å². The van der Waals surface area contributed by atoms with Gasteiger partial charge in [0.15, 0.2) is 0 Å². The highest BCUT2D eigenvalue weighted by Gasteiger charge is 2.19. The minimum absolute atomic E-state index is 0.389. The summed E-state index contributed by atoms with van der Waals surface area (Å²) in [5, 5.41) is 0. The summed E-state index contributed by atoms with van der Waals surface area (Å²) in [7, 11) is 2.09. The number of aromatic nitrogens is 1. The van der Waals surface area contributed by atoms with E-state index in [9.17, 15) is 0 Å². The average Bonchev–Trinajstić information content (AvgIpc) is 2.64. The van der Waals surface area contributed by atoms with E-state index in [1.54, 1.807) is 0 Å². The van der Waals surface area contributed by atoms with Gasteiger partial charge in [0.05, 0.1) is 0 Å². The molecule has 2 heterocycles. The second-order valence-corrected chi connectivity index (χ2v) is 3.89. The van der Waals surface area contributed by atoms with Crippen molar-refractivity contribution in [1.29, 1.82) is 0 Å². The normalized spacial score (nSPS) is 24.0. The maximum absolute atomic E-state index is 5.84. The van der Waals surface area contributed by atoms with Crippen molar-refractivity contribution in [3.8, 4) is 0 Å². The summed E-state index contributed by atoms with van der Waals surface area (Å²) >= 11 is 0. The third-order valence-electron chi connectivity index (χ3n) is 2.75. The van der Waals surface area contributed by atoms with Crippen molar-refractivity contribution in [1.82, 2.24) is 9.47 Å². The van der Waals surface area contributed by atoms with Crippen molar-refractivity contribution in [3.05, 3.63) is 24.0 Å². The van der Waals surface area contributed by atoms with Gasteiger partial charge in [0.1, 0.15) is 0 Å². The molecule has 3 nitrogen and oxygen atoms in total. The first-order valence-corrected chi connectivity index (χ1v) is 4.84. The van der Waals surface area contributed by atoms with Crippen LogP contribution in [0.5, 0.6) is 0 Å². The number of likely N-dealkylation sites (tertiary alicyclic amines) is 1. The van der Waals surface area contributed by atoms with E-state index in [1.165, 1.54) is 5.69 Å². The molecule has 13 heavy (non-hydrogen) atoms. The topological polar surface area (TPSA) is 34.2 Å². The standard InChI is InChI=1S/C10H17N3/c1-12-5-2-3-10(12)8-13-6-4-9(11)7-13/h2-3,5,9H,4,6-8,11H2,1H3. The van der Waals surface area contributed by atoms with E-state index in [4.69, 9.17) is 5.73 Å². The van der Waals surface area contributed by atoms with Crippen LogP contribution in [0, 0.1) is 0 Å². The van der Waals surface area contributed by atoms with Gasteiger partial charge in [0.25, 0.3) is 0 Å². The first-order valence-electron chi connectivity index (χ1n) is 4.84. The molecule has 0 spiro atoms. The summed E-state index contributed by atoms with van der Waals surface area (Å²) in [4.78, 5) is 2.42. The lowest BCUT2D eigenvalue weighted by Crippen LogP contribution is -2.26. The van der Waals surface area contributed by atoms with Gasteiger partial charge in [-0.1, -0.05) is 0 Å². The van der Waals surface area contributed by atoms with Gasteiger partial charge in [-0.05, 0) is 18.6 Å². The molecular formula is C10H17N3. The van der Waals surface area contributed by atoms with E-state index in [-0.39, 0.29) is 0 Å². The van der Waals surface area contributed by atoms with Crippen LogP contribution in [0.2, 0.25) is 0 Å². The number of nitrogens with zero attached hydrogens (tertiary/aromatic N) is 2. The Hall–Kier alpha value is -0.800. The Morgan fingerprint density at radius 3 is 3.00 bits per heavy atom. The van der Waals surface area contributed by atoms with Gasteiger partial charge < -0.3 is 10.3 Å². The maximum atomic E-state index is 5.84. The molecule has 2 rings (SSSR count). The molecule has 1 aliphatic heterocycles. The zero-order valence-electron chi connectivity index (χ0n) is 8.11. The minimum atomic E-state index is 0.389. The molecule has 0 amide bonds. The minimum Gasteiger partial charge on any atom is -0.353 e. The maximum Gasteiger partial charge on any atom is 0.0387 e. The number of nitrogens with two attached hydrogens (primary N) is 1. The highest BCUT2D eigenvalue weighted by molar-refractivity contribution is 5.06. The van der Waals surface area contributed by atoms with Crippen molar-refractivity contribution >= 4 is 0 Å². The van der Waals surface area contributed by atoms with Crippen molar-refractivity contribution < 1.29 is 0 Å². The summed E-state index contributed by atoms with van der Waals surface area (Å²) in [6.07, 6.45) is 3.23. The summed E-state index contributed by atoms with van der Waals surface area (Å²) in [5.41, 5.74) is 7.21. The zero-order valence-corrected chi connectivity index (χ0v) is 8.11. The van der Waals surface area contributed by atoms with Crippen LogP contribution in [0.1, 0.15) is 12.1 Å². The molecule has 1 fully saturated rings. The predicted molar refractivity (Wildman–Crippen MR) is 53.3 cm³/mol. The fourth-order valence-corrected chi connectivity index (χ4v) is 1.90. The third kappa shape index (κ3) is 1.92. The van der Waals surface area contributed by atoms with Crippen LogP contribution in [0.15, 0.2) is 18.3 Å². The number of hydrogen-bond donors (Lipinski definition) is 1. The molecule has 0 radical (unpaired) electrons. The van der Waals surface area contributed by atoms with E-state index >= 15 is 0 Å². The van der Waals surface area contributed by atoms with E-state index in [1.807, 2.05) is 0 Å². The Balaban J connectivity index is 1.95. The van der Waals surface area contributed by atoms with E-state index in [2.05, 4.69) is 34.8 Å². The van der Waals surface area contributed by atoms with Gasteiger partial charge >= 0.3 is 0 Å². The molecular weight excluding hydrogens is 162 g/mol. The molecule has 1 saturated heterocycles. The molecule has 3 heteroatoms. The number of aryl methyl sites for hydroxylation is 1. The monoisotopic (exact) mass is 179 g/mol.